The maximum Gasteiger partial charge on any atom is 0.417 e. The van der Waals surface area contributed by atoms with E-state index in [1.54, 1.807) is 0 Å². The predicted molar refractivity (Wildman–Crippen MR) is 58.9 cm³/mol. The van der Waals surface area contributed by atoms with Crippen molar-refractivity contribution in [1.29, 1.82) is 0 Å². The Kier molecular flexibility index (Phi) is 3.38. The van der Waals surface area contributed by atoms with Gasteiger partial charge in [0.25, 0.3) is 0 Å². The average Bonchev–Trinajstić information content (AvgIpc) is 3.11. The molecule has 0 spiro atoms. The van der Waals surface area contributed by atoms with Crippen LogP contribution in [0, 0.1) is 5.92 Å². The highest BCUT2D eigenvalue weighted by Gasteiger charge is 2.36. The van der Waals surface area contributed by atoms with Crippen LogP contribution in [0.15, 0.2) is 18.5 Å². The number of pyridine rings is 1. The minimum Gasteiger partial charge on any atom is -0.327 e. The van der Waals surface area contributed by atoms with Gasteiger partial charge >= 0.3 is 6.18 Å². The van der Waals surface area contributed by atoms with Gasteiger partial charge in [0.05, 0.1) is 5.56 Å². The van der Waals surface area contributed by atoms with Crippen LogP contribution in [0.3, 0.4) is 0 Å². The summed E-state index contributed by atoms with van der Waals surface area (Å²) in [5.41, 5.74) is 4.43. The molecular weight excluding hydrogens is 245 g/mol. The van der Waals surface area contributed by atoms with Gasteiger partial charge in [0.1, 0.15) is 0 Å². The molecule has 3 nitrogen and oxygen atoms in total. The number of alkyl halides is 3. The molecule has 1 heterocycles. The summed E-state index contributed by atoms with van der Waals surface area (Å²) in [6, 6.07) is 0.467. The quantitative estimate of drug-likeness (QED) is 0.844. The normalized spacial score (nSPS) is 17.6. The third-order valence-electron chi connectivity index (χ3n) is 3.08. The Hall–Kier alpha value is -1.43. The van der Waals surface area contributed by atoms with E-state index >= 15 is 0 Å². The lowest BCUT2D eigenvalue weighted by Gasteiger charge is -2.13. The van der Waals surface area contributed by atoms with Crippen LogP contribution in [0.2, 0.25) is 0 Å². The van der Waals surface area contributed by atoms with Crippen molar-refractivity contribution >= 4 is 5.78 Å². The number of Topliss-reactive ketones (excluding diaryl/α,β-unsaturated/α-hetero) is 1. The van der Waals surface area contributed by atoms with Gasteiger partial charge in [0.2, 0.25) is 0 Å². The number of hydrogen-bond donors (Lipinski definition) is 1. The number of carbonyl (C=O) groups is 1. The van der Waals surface area contributed by atoms with E-state index in [1.807, 2.05) is 0 Å². The Morgan fingerprint density at radius 2 is 2.17 bits per heavy atom. The van der Waals surface area contributed by atoms with Gasteiger partial charge in [-0.3, -0.25) is 9.78 Å². The monoisotopic (exact) mass is 258 g/mol. The second-order valence-corrected chi connectivity index (χ2v) is 4.55. The predicted octanol–water partition coefficient (Wildman–Crippen LogP) is 2.41. The first-order valence-corrected chi connectivity index (χ1v) is 5.69. The maximum absolute atomic E-state index is 12.7. The van der Waals surface area contributed by atoms with Crippen molar-refractivity contribution in [2.45, 2.75) is 31.5 Å². The third-order valence-corrected chi connectivity index (χ3v) is 3.08. The Labute approximate surface area is 102 Å². The van der Waals surface area contributed by atoms with Crippen LogP contribution in [0.5, 0.6) is 0 Å². The van der Waals surface area contributed by atoms with Crippen molar-refractivity contribution in [1.82, 2.24) is 4.98 Å². The summed E-state index contributed by atoms with van der Waals surface area (Å²) in [5.74, 6) is -0.310. The number of nitrogens with two attached hydrogens (primary N) is 1. The van der Waals surface area contributed by atoms with Crippen molar-refractivity contribution in [2.75, 3.05) is 0 Å². The second kappa shape index (κ2) is 4.68. The Morgan fingerprint density at radius 3 is 2.72 bits per heavy atom. The van der Waals surface area contributed by atoms with E-state index in [0.717, 1.165) is 31.3 Å². The minimum absolute atomic E-state index is 0.0561. The topological polar surface area (TPSA) is 56.0 Å². The molecule has 1 atom stereocenters. The first-order chi connectivity index (χ1) is 8.39. The number of aromatic nitrogens is 1. The second-order valence-electron chi connectivity index (χ2n) is 4.55. The van der Waals surface area contributed by atoms with Crippen molar-refractivity contribution in [2.24, 2.45) is 11.7 Å². The lowest BCUT2D eigenvalue weighted by molar-refractivity contribution is -0.138. The van der Waals surface area contributed by atoms with Gasteiger partial charge in [-0.1, -0.05) is 0 Å². The summed E-state index contributed by atoms with van der Waals surface area (Å²) in [4.78, 5) is 15.4. The van der Waals surface area contributed by atoms with Gasteiger partial charge in [-0.15, -0.1) is 0 Å². The molecule has 18 heavy (non-hydrogen) atoms. The van der Waals surface area contributed by atoms with Crippen LogP contribution in [-0.2, 0) is 6.18 Å². The molecule has 1 fully saturated rings. The third kappa shape index (κ3) is 2.87. The molecule has 0 aromatic carbocycles. The zero-order valence-electron chi connectivity index (χ0n) is 9.57. The molecule has 0 radical (unpaired) electrons. The molecule has 0 amide bonds. The van der Waals surface area contributed by atoms with E-state index in [0.29, 0.717) is 0 Å². The molecule has 1 aliphatic rings. The number of carbonyl (C=O) groups excluding carboxylic acids is 1. The molecule has 2 N–H and O–H groups in total. The fourth-order valence-corrected chi connectivity index (χ4v) is 1.88. The maximum atomic E-state index is 12.7. The molecule has 2 rings (SSSR count). The minimum atomic E-state index is -4.54. The molecule has 1 aliphatic carbocycles. The molecule has 1 aromatic rings. The Morgan fingerprint density at radius 1 is 1.50 bits per heavy atom. The van der Waals surface area contributed by atoms with E-state index in [2.05, 4.69) is 4.98 Å². The largest absolute Gasteiger partial charge is 0.417 e. The number of halogens is 3. The molecule has 1 unspecified atom stereocenters. The number of rotatable bonds is 4. The van der Waals surface area contributed by atoms with Gasteiger partial charge in [-0.05, 0) is 24.8 Å². The summed E-state index contributed by atoms with van der Waals surface area (Å²) in [7, 11) is 0. The summed E-state index contributed by atoms with van der Waals surface area (Å²) in [6.07, 6.45) is -0.705. The highest BCUT2D eigenvalue weighted by atomic mass is 19.4. The van der Waals surface area contributed by atoms with Crippen LogP contribution in [-0.4, -0.2) is 16.8 Å². The molecule has 1 saturated carbocycles. The lowest BCUT2D eigenvalue weighted by atomic mass is 9.99. The smallest absolute Gasteiger partial charge is 0.327 e. The summed E-state index contributed by atoms with van der Waals surface area (Å²) in [6.45, 7) is 0. The first-order valence-electron chi connectivity index (χ1n) is 5.69. The highest BCUT2D eigenvalue weighted by Crippen LogP contribution is 2.35. The Balaban J connectivity index is 2.19. The van der Waals surface area contributed by atoms with Crippen LogP contribution >= 0.6 is 0 Å². The van der Waals surface area contributed by atoms with Gasteiger partial charge in [0, 0.05) is 30.4 Å². The summed E-state index contributed by atoms with van der Waals surface area (Å²) in [5, 5.41) is 0. The fraction of sp³-hybridized carbons (Fsp3) is 0.500. The van der Waals surface area contributed by atoms with Crippen molar-refractivity contribution in [3.63, 3.8) is 0 Å². The standard InChI is InChI=1S/C12H13F3N2O/c13-12(14,15)9-3-4-17-6-8(9)11(18)5-10(16)7-1-2-7/h3-4,6-7,10H,1-2,5,16H2. The SMILES string of the molecule is NC(CC(=O)c1cnccc1C(F)(F)F)C1CC1. The van der Waals surface area contributed by atoms with E-state index in [9.17, 15) is 18.0 Å². The van der Waals surface area contributed by atoms with Crippen LogP contribution in [0.1, 0.15) is 35.2 Å². The van der Waals surface area contributed by atoms with Crippen molar-refractivity contribution in [3.8, 4) is 0 Å². The van der Waals surface area contributed by atoms with Crippen molar-refractivity contribution < 1.29 is 18.0 Å². The van der Waals surface area contributed by atoms with Crippen LogP contribution < -0.4 is 5.73 Å². The van der Waals surface area contributed by atoms with Crippen LogP contribution in [0.25, 0.3) is 0 Å². The number of hydrogen-bond acceptors (Lipinski definition) is 3. The Bertz CT molecular complexity index is 455. The zero-order chi connectivity index (χ0) is 13.3. The number of nitrogens with zero attached hydrogens (tertiary/aromatic N) is 1. The van der Waals surface area contributed by atoms with E-state index in [1.165, 1.54) is 0 Å². The molecule has 0 bridgehead atoms. The van der Waals surface area contributed by atoms with E-state index < -0.39 is 17.5 Å². The van der Waals surface area contributed by atoms with Gasteiger partial charge in [0.15, 0.2) is 5.78 Å². The fourth-order valence-electron chi connectivity index (χ4n) is 1.88. The molecular formula is C12H13F3N2O. The highest BCUT2D eigenvalue weighted by molar-refractivity contribution is 5.97. The zero-order valence-corrected chi connectivity index (χ0v) is 9.57. The van der Waals surface area contributed by atoms with E-state index in [4.69, 9.17) is 5.73 Å². The van der Waals surface area contributed by atoms with Crippen LogP contribution in [0.4, 0.5) is 13.2 Å². The lowest BCUT2D eigenvalue weighted by Crippen LogP contribution is -2.27. The molecule has 0 saturated heterocycles. The van der Waals surface area contributed by atoms with Gasteiger partial charge in [-0.2, -0.15) is 13.2 Å². The number of ketones is 1. The molecule has 98 valence electrons. The average molecular weight is 258 g/mol. The molecule has 0 aliphatic heterocycles. The summed E-state index contributed by atoms with van der Waals surface area (Å²) < 4.78 is 38.1. The molecule has 6 heteroatoms. The van der Waals surface area contributed by atoms with Crippen molar-refractivity contribution in [3.05, 3.63) is 29.6 Å². The summed E-state index contributed by atoms with van der Waals surface area (Å²) >= 11 is 0. The first kappa shape index (κ1) is 13.0. The van der Waals surface area contributed by atoms with E-state index in [-0.39, 0.29) is 23.9 Å². The van der Waals surface area contributed by atoms with Gasteiger partial charge < -0.3 is 5.73 Å². The molecule has 1 aromatic heterocycles. The van der Waals surface area contributed by atoms with Gasteiger partial charge in [-0.25, -0.2) is 0 Å².